The van der Waals surface area contributed by atoms with Gasteiger partial charge in [0, 0.05) is 10.1 Å². The van der Waals surface area contributed by atoms with Crippen molar-refractivity contribution >= 4 is 11.8 Å². The summed E-state index contributed by atoms with van der Waals surface area (Å²) in [5.74, 6) is 1.11. The van der Waals surface area contributed by atoms with E-state index >= 15 is 0 Å². The quantitative estimate of drug-likeness (QED) is 0.836. The smallest absolute Gasteiger partial charge is 0.00944 e. The van der Waals surface area contributed by atoms with Gasteiger partial charge in [-0.1, -0.05) is 45.2 Å². The molecule has 2 N–H and O–H groups in total. The topological polar surface area (TPSA) is 26.0 Å². The van der Waals surface area contributed by atoms with Gasteiger partial charge in [-0.05, 0) is 48.9 Å². The van der Waals surface area contributed by atoms with Crippen molar-refractivity contribution in [2.24, 2.45) is 11.7 Å². The molecule has 1 aliphatic rings. The normalized spacial score (nSPS) is 20.2. The third-order valence-corrected chi connectivity index (χ3v) is 5.84. The van der Waals surface area contributed by atoms with E-state index in [0.717, 1.165) is 11.8 Å². The molecule has 106 valence electrons. The molecule has 0 spiro atoms. The minimum Gasteiger partial charge on any atom is -0.330 e. The van der Waals surface area contributed by atoms with Crippen LogP contribution in [0.4, 0.5) is 0 Å². The summed E-state index contributed by atoms with van der Waals surface area (Å²) in [6.45, 7) is 5.27. The lowest BCUT2D eigenvalue weighted by molar-refractivity contribution is 0.499. The van der Waals surface area contributed by atoms with Crippen LogP contribution in [0.15, 0.2) is 29.2 Å². The number of hydrogen-bond acceptors (Lipinski definition) is 2. The third-order valence-electron chi connectivity index (χ3n) is 4.49. The molecule has 0 radical (unpaired) electrons. The molecular formula is C17H27NS. The van der Waals surface area contributed by atoms with E-state index in [1.807, 2.05) is 0 Å². The maximum Gasteiger partial charge on any atom is 0.00944 e. The molecule has 2 rings (SSSR count). The summed E-state index contributed by atoms with van der Waals surface area (Å²) in [5, 5.41) is 0.847. The second kappa shape index (κ2) is 7.35. The molecule has 2 atom stereocenters. The highest BCUT2D eigenvalue weighted by Gasteiger charge is 2.16. The average Bonchev–Trinajstić information content (AvgIpc) is 2.47. The first-order valence-electron chi connectivity index (χ1n) is 7.67. The minimum absolute atomic E-state index is 0.553. The van der Waals surface area contributed by atoms with Crippen molar-refractivity contribution < 1.29 is 0 Å². The Morgan fingerprint density at radius 3 is 2.32 bits per heavy atom. The fourth-order valence-corrected chi connectivity index (χ4v) is 4.01. The zero-order valence-corrected chi connectivity index (χ0v) is 13.1. The molecule has 0 aliphatic heterocycles. The van der Waals surface area contributed by atoms with Gasteiger partial charge in [0.1, 0.15) is 0 Å². The van der Waals surface area contributed by atoms with E-state index in [4.69, 9.17) is 5.73 Å². The second-order valence-electron chi connectivity index (χ2n) is 5.95. The Bertz CT molecular complexity index is 367. The van der Waals surface area contributed by atoms with Gasteiger partial charge >= 0.3 is 0 Å². The molecule has 0 heterocycles. The molecule has 1 fully saturated rings. The van der Waals surface area contributed by atoms with Crippen LogP contribution in [0.1, 0.15) is 57.4 Å². The lowest BCUT2D eigenvalue weighted by Gasteiger charge is -2.22. The molecule has 2 unspecified atom stereocenters. The summed E-state index contributed by atoms with van der Waals surface area (Å²) in [5.41, 5.74) is 7.18. The molecule has 1 aromatic carbocycles. The lowest BCUT2D eigenvalue weighted by atomic mass is 9.89. The van der Waals surface area contributed by atoms with Crippen LogP contribution < -0.4 is 5.73 Å². The summed E-state index contributed by atoms with van der Waals surface area (Å²) in [6.07, 6.45) is 7.06. The van der Waals surface area contributed by atoms with Crippen molar-refractivity contribution in [2.45, 2.75) is 62.0 Å². The van der Waals surface area contributed by atoms with Crippen LogP contribution in [0, 0.1) is 5.92 Å². The van der Waals surface area contributed by atoms with Crippen molar-refractivity contribution in [1.29, 1.82) is 0 Å². The Morgan fingerprint density at radius 2 is 1.74 bits per heavy atom. The van der Waals surface area contributed by atoms with E-state index in [-0.39, 0.29) is 0 Å². The van der Waals surface area contributed by atoms with E-state index in [0.29, 0.717) is 11.8 Å². The number of thioether (sulfide) groups is 1. The molecular weight excluding hydrogens is 250 g/mol. The molecule has 0 bridgehead atoms. The van der Waals surface area contributed by atoms with Gasteiger partial charge < -0.3 is 5.73 Å². The van der Waals surface area contributed by atoms with E-state index in [9.17, 15) is 0 Å². The Morgan fingerprint density at radius 1 is 1.11 bits per heavy atom. The van der Waals surface area contributed by atoms with Crippen LogP contribution in [-0.2, 0) is 0 Å². The van der Waals surface area contributed by atoms with Crippen LogP contribution >= 0.6 is 11.8 Å². The molecule has 1 aromatic rings. The van der Waals surface area contributed by atoms with Gasteiger partial charge in [-0.2, -0.15) is 0 Å². The highest BCUT2D eigenvalue weighted by Crippen LogP contribution is 2.34. The van der Waals surface area contributed by atoms with Crippen molar-refractivity contribution in [2.75, 3.05) is 6.54 Å². The fraction of sp³-hybridized carbons (Fsp3) is 0.647. The Balaban J connectivity index is 1.94. The van der Waals surface area contributed by atoms with E-state index in [1.54, 1.807) is 0 Å². The van der Waals surface area contributed by atoms with Gasteiger partial charge in [0.15, 0.2) is 0 Å². The van der Waals surface area contributed by atoms with Gasteiger partial charge in [0.25, 0.3) is 0 Å². The first-order chi connectivity index (χ1) is 9.20. The Kier molecular flexibility index (Phi) is 5.77. The largest absolute Gasteiger partial charge is 0.330 e. The highest BCUT2D eigenvalue weighted by atomic mass is 32.2. The number of rotatable bonds is 5. The average molecular weight is 277 g/mol. The Labute approximate surface area is 122 Å². The summed E-state index contributed by atoms with van der Waals surface area (Å²) in [7, 11) is 0. The zero-order chi connectivity index (χ0) is 13.7. The van der Waals surface area contributed by atoms with E-state index in [1.165, 1.54) is 42.6 Å². The molecule has 1 nitrogen and oxygen atoms in total. The molecule has 1 aliphatic carbocycles. The van der Waals surface area contributed by atoms with Gasteiger partial charge in [-0.25, -0.2) is 0 Å². The van der Waals surface area contributed by atoms with Crippen LogP contribution in [-0.4, -0.2) is 11.8 Å². The predicted molar refractivity (Wildman–Crippen MR) is 85.8 cm³/mol. The first kappa shape index (κ1) is 14.9. The Hall–Kier alpha value is -0.470. The summed E-state index contributed by atoms with van der Waals surface area (Å²) in [6, 6.07) is 9.19. The van der Waals surface area contributed by atoms with Gasteiger partial charge in [-0.3, -0.25) is 0 Å². The number of hydrogen-bond donors (Lipinski definition) is 1. The standard InChI is InChI=1S/C17H27NS/c1-13(12-18)14(2)15-8-10-17(11-9-15)19-16-6-4-3-5-7-16/h8-11,13-14,16H,3-7,12,18H2,1-2H3. The molecule has 1 saturated carbocycles. The highest BCUT2D eigenvalue weighted by molar-refractivity contribution is 8.00. The fourth-order valence-electron chi connectivity index (χ4n) is 2.76. The first-order valence-corrected chi connectivity index (χ1v) is 8.55. The molecule has 2 heteroatoms. The van der Waals surface area contributed by atoms with Crippen LogP contribution in [0.3, 0.4) is 0 Å². The van der Waals surface area contributed by atoms with E-state index < -0.39 is 0 Å². The van der Waals surface area contributed by atoms with Crippen LogP contribution in [0.5, 0.6) is 0 Å². The van der Waals surface area contributed by atoms with Gasteiger partial charge in [-0.15, -0.1) is 11.8 Å². The minimum atomic E-state index is 0.553. The zero-order valence-electron chi connectivity index (χ0n) is 12.3. The predicted octanol–water partition coefficient (Wildman–Crippen LogP) is 4.81. The van der Waals surface area contributed by atoms with Crippen molar-refractivity contribution in [1.82, 2.24) is 0 Å². The molecule has 19 heavy (non-hydrogen) atoms. The molecule has 0 amide bonds. The summed E-state index contributed by atoms with van der Waals surface area (Å²) < 4.78 is 0. The van der Waals surface area contributed by atoms with E-state index in [2.05, 4.69) is 49.9 Å². The number of nitrogens with two attached hydrogens (primary N) is 1. The number of benzene rings is 1. The van der Waals surface area contributed by atoms with Crippen LogP contribution in [0.25, 0.3) is 0 Å². The summed E-state index contributed by atoms with van der Waals surface area (Å²) in [4.78, 5) is 1.43. The second-order valence-corrected chi connectivity index (χ2v) is 7.32. The van der Waals surface area contributed by atoms with Gasteiger partial charge in [0.05, 0.1) is 0 Å². The van der Waals surface area contributed by atoms with Crippen molar-refractivity contribution in [3.63, 3.8) is 0 Å². The maximum atomic E-state index is 5.76. The summed E-state index contributed by atoms with van der Waals surface area (Å²) >= 11 is 2.07. The molecule has 0 saturated heterocycles. The monoisotopic (exact) mass is 277 g/mol. The van der Waals surface area contributed by atoms with Crippen LogP contribution in [0.2, 0.25) is 0 Å². The SMILES string of the molecule is CC(CN)C(C)c1ccc(SC2CCCCC2)cc1. The lowest BCUT2D eigenvalue weighted by Crippen LogP contribution is -2.16. The van der Waals surface area contributed by atoms with Crippen molar-refractivity contribution in [3.05, 3.63) is 29.8 Å². The molecule has 0 aromatic heterocycles. The van der Waals surface area contributed by atoms with Gasteiger partial charge in [0.2, 0.25) is 0 Å². The van der Waals surface area contributed by atoms with Crippen molar-refractivity contribution in [3.8, 4) is 0 Å². The third kappa shape index (κ3) is 4.25. The maximum absolute atomic E-state index is 5.76.